The van der Waals surface area contributed by atoms with Crippen molar-refractivity contribution in [2.75, 3.05) is 18.1 Å². The molecule has 2 amide bonds. The van der Waals surface area contributed by atoms with Crippen molar-refractivity contribution >= 4 is 45.6 Å². The van der Waals surface area contributed by atoms with Crippen LogP contribution in [0.4, 0.5) is 10.7 Å². The second-order valence-corrected chi connectivity index (χ2v) is 8.42. The van der Waals surface area contributed by atoms with Gasteiger partial charge < -0.3 is 10.6 Å². The summed E-state index contributed by atoms with van der Waals surface area (Å²) < 4.78 is 0.627. The maximum absolute atomic E-state index is 12.8. The predicted molar refractivity (Wildman–Crippen MR) is 118 cm³/mol. The molecule has 0 aliphatic carbocycles. The summed E-state index contributed by atoms with van der Waals surface area (Å²) in [5, 5.41) is 17.1. The van der Waals surface area contributed by atoms with E-state index in [4.69, 9.17) is 0 Å². The second kappa shape index (κ2) is 9.51. The fourth-order valence-electron chi connectivity index (χ4n) is 2.56. The Morgan fingerprint density at radius 1 is 1.20 bits per heavy atom. The molecular weight excluding hydrogens is 424 g/mol. The van der Waals surface area contributed by atoms with Crippen molar-refractivity contribution in [2.24, 2.45) is 0 Å². The molecule has 30 heavy (non-hydrogen) atoms. The number of hydrogen-bond acceptors (Lipinski definition) is 7. The molecule has 2 N–H and O–H groups in total. The molecule has 1 heterocycles. The van der Waals surface area contributed by atoms with Crippen LogP contribution in [0.5, 0.6) is 0 Å². The van der Waals surface area contributed by atoms with Crippen LogP contribution in [-0.4, -0.2) is 34.5 Å². The van der Waals surface area contributed by atoms with Crippen LogP contribution in [-0.2, 0) is 4.79 Å². The molecule has 0 aliphatic rings. The molecule has 0 aliphatic heterocycles. The summed E-state index contributed by atoms with van der Waals surface area (Å²) in [4.78, 5) is 39.6. The average Bonchev–Trinajstić information content (AvgIpc) is 3.15. The van der Waals surface area contributed by atoms with Gasteiger partial charge in [0.05, 0.1) is 10.7 Å². The minimum absolute atomic E-state index is 0.114. The molecule has 0 radical (unpaired) electrons. The Hall–Kier alpha value is -3.24. The van der Waals surface area contributed by atoms with Crippen LogP contribution < -0.4 is 10.6 Å². The number of carbonyl (C=O) groups is 2. The van der Waals surface area contributed by atoms with E-state index >= 15 is 0 Å². The first-order valence-electron chi connectivity index (χ1n) is 8.85. The number of amides is 2. The van der Waals surface area contributed by atoms with Gasteiger partial charge in [0.15, 0.2) is 4.34 Å². The molecular formula is C20H18N4O4S2. The van der Waals surface area contributed by atoms with Crippen molar-refractivity contribution in [1.29, 1.82) is 0 Å². The number of thiazole rings is 1. The molecule has 154 valence electrons. The molecule has 0 bridgehead atoms. The third kappa shape index (κ3) is 5.02. The summed E-state index contributed by atoms with van der Waals surface area (Å²) in [6.07, 6.45) is 0. The smallest absolute Gasteiger partial charge is 0.273 e. The lowest BCUT2D eigenvalue weighted by Gasteiger charge is -2.06. The largest absolute Gasteiger partial charge is 0.358 e. The SMILES string of the molecule is CNC(=O)CSc1nc(-c2ccccc2)c(NC(=O)c2ccc(C)c([N+](=O)[O-])c2)s1. The highest BCUT2D eigenvalue weighted by molar-refractivity contribution is 8.01. The zero-order chi connectivity index (χ0) is 21.7. The van der Waals surface area contributed by atoms with Gasteiger partial charge in [0.1, 0.15) is 10.7 Å². The Labute approximate surface area is 180 Å². The molecule has 2 aromatic carbocycles. The van der Waals surface area contributed by atoms with Crippen LogP contribution in [0.15, 0.2) is 52.9 Å². The Kier molecular flexibility index (Phi) is 6.80. The van der Waals surface area contributed by atoms with Crippen LogP contribution in [0, 0.1) is 17.0 Å². The first-order valence-corrected chi connectivity index (χ1v) is 10.6. The molecule has 0 saturated carbocycles. The number of rotatable bonds is 7. The maximum Gasteiger partial charge on any atom is 0.273 e. The van der Waals surface area contributed by atoms with Gasteiger partial charge in [0, 0.05) is 29.8 Å². The molecule has 1 aromatic heterocycles. The number of aryl methyl sites for hydroxylation is 1. The van der Waals surface area contributed by atoms with Gasteiger partial charge in [-0.15, -0.1) is 0 Å². The van der Waals surface area contributed by atoms with E-state index in [2.05, 4.69) is 15.6 Å². The van der Waals surface area contributed by atoms with E-state index in [1.807, 2.05) is 30.3 Å². The molecule has 3 aromatic rings. The minimum Gasteiger partial charge on any atom is -0.358 e. The molecule has 8 nitrogen and oxygen atoms in total. The van der Waals surface area contributed by atoms with Crippen molar-refractivity contribution in [1.82, 2.24) is 10.3 Å². The number of benzene rings is 2. The monoisotopic (exact) mass is 442 g/mol. The van der Waals surface area contributed by atoms with Crippen molar-refractivity contribution < 1.29 is 14.5 Å². The number of hydrogen-bond donors (Lipinski definition) is 2. The fourth-order valence-corrected chi connectivity index (χ4v) is 4.49. The average molecular weight is 443 g/mol. The van der Waals surface area contributed by atoms with E-state index in [1.165, 1.54) is 29.2 Å². The van der Waals surface area contributed by atoms with E-state index in [0.717, 1.165) is 5.56 Å². The van der Waals surface area contributed by atoms with Crippen molar-refractivity contribution in [3.05, 3.63) is 69.8 Å². The zero-order valence-corrected chi connectivity index (χ0v) is 17.8. The van der Waals surface area contributed by atoms with Crippen molar-refractivity contribution in [3.63, 3.8) is 0 Å². The Bertz CT molecular complexity index is 1100. The summed E-state index contributed by atoms with van der Waals surface area (Å²) in [5.41, 5.74) is 1.93. The summed E-state index contributed by atoms with van der Waals surface area (Å²) >= 11 is 2.52. The third-order valence-electron chi connectivity index (χ3n) is 4.16. The standard InChI is InChI=1S/C20H18N4O4S2/c1-12-8-9-14(10-15(12)24(27)28)18(26)23-19-17(13-6-4-3-5-7-13)22-20(30-19)29-11-16(25)21-2/h3-10H,11H2,1-2H3,(H,21,25)(H,23,26). The van der Waals surface area contributed by atoms with Crippen LogP contribution in [0.2, 0.25) is 0 Å². The highest BCUT2D eigenvalue weighted by Gasteiger charge is 2.19. The lowest BCUT2D eigenvalue weighted by molar-refractivity contribution is -0.385. The molecule has 10 heteroatoms. The summed E-state index contributed by atoms with van der Waals surface area (Å²) in [6, 6.07) is 13.7. The van der Waals surface area contributed by atoms with Gasteiger partial charge in [-0.1, -0.05) is 59.5 Å². The number of nitro benzene ring substituents is 1. The van der Waals surface area contributed by atoms with Gasteiger partial charge in [-0.25, -0.2) is 4.98 Å². The van der Waals surface area contributed by atoms with Gasteiger partial charge in [-0.2, -0.15) is 0 Å². The topological polar surface area (TPSA) is 114 Å². The van der Waals surface area contributed by atoms with E-state index in [-0.39, 0.29) is 22.9 Å². The second-order valence-electron chi connectivity index (χ2n) is 6.20. The number of aromatic nitrogens is 1. The maximum atomic E-state index is 12.8. The normalized spacial score (nSPS) is 10.5. The Morgan fingerprint density at radius 3 is 2.60 bits per heavy atom. The van der Waals surface area contributed by atoms with Gasteiger partial charge in [0.2, 0.25) is 5.91 Å². The number of thioether (sulfide) groups is 1. The lowest BCUT2D eigenvalue weighted by atomic mass is 10.1. The summed E-state index contributed by atoms with van der Waals surface area (Å²) in [5.74, 6) is -0.397. The zero-order valence-electron chi connectivity index (χ0n) is 16.2. The van der Waals surface area contributed by atoms with Crippen LogP contribution in [0.25, 0.3) is 11.3 Å². The van der Waals surface area contributed by atoms with E-state index in [1.54, 1.807) is 26.1 Å². The minimum atomic E-state index is -0.512. The quantitative estimate of drug-likeness (QED) is 0.323. The summed E-state index contributed by atoms with van der Waals surface area (Å²) in [7, 11) is 1.56. The highest BCUT2D eigenvalue weighted by Crippen LogP contribution is 2.38. The van der Waals surface area contributed by atoms with Crippen LogP contribution >= 0.6 is 23.1 Å². The molecule has 3 rings (SSSR count). The Morgan fingerprint density at radius 2 is 1.93 bits per heavy atom. The van der Waals surface area contributed by atoms with Gasteiger partial charge in [-0.05, 0) is 13.0 Å². The lowest BCUT2D eigenvalue weighted by Crippen LogP contribution is -2.19. The summed E-state index contributed by atoms with van der Waals surface area (Å²) in [6.45, 7) is 1.62. The number of nitro groups is 1. The van der Waals surface area contributed by atoms with Gasteiger partial charge in [0.25, 0.3) is 11.6 Å². The third-order valence-corrected chi connectivity index (χ3v) is 6.27. The van der Waals surface area contributed by atoms with Crippen LogP contribution in [0.1, 0.15) is 15.9 Å². The van der Waals surface area contributed by atoms with Crippen molar-refractivity contribution in [2.45, 2.75) is 11.3 Å². The molecule has 0 atom stereocenters. The highest BCUT2D eigenvalue weighted by atomic mass is 32.2. The molecule has 0 saturated heterocycles. The van der Waals surface area contributed by atoms with Crippen molar-refractivity contribution in [3.8, 4) is 11.3 Å². The van der Waals surface area contributed by atoms with Gasteiger partial charge >= 0.3 is 0 Å². The first-order chi connectivity index (χ1) is 14.4. The van der Waals surface area contributed by atoms with Gasteiger partial charge in [-0.3, -0.25) is 19.7 Å². The van der Waals surface area contributed by atoms with E-state index < -0.39 is 10.8 Å². The van der Waals surface area contributed by atoms with Crippen LogP contribution in [0.3, 0.4) is 0 Å². The molecule has 0 fully saturated rings. The predicted octanol–water partition coefficient (Wildman–Crippen LogP) is 4.12. The first kappa shape index (κ1) is 21.5. The van der Waals surface area contributed by atoms with E-state index in [9.17, 15) is 19.7 Å². The molecule has 0 spiro atoms. The van der Waals surface area contributed by atoms with E-state index in [0.29, 0.717) is 20.6 Å². The number of nitrogens with zero attached hydrogens (tertiary/aromatic N) is 2. The number of nitrogens with one attached hydrogen (secondary N) is 2. The molecule has 0 unspecified atom stereocenters. The number of carbonyl (C=O) groups excluding carboxylic acids is 2. The number of anilines is 1. The fraction of sp³-hybridized carbons (Fsp3) is 0.150. The Balaban J connectivity index is 1.91.